The van der Waals surface area contributed by atoms with Crippen molar-refractivity contribution in [3.05, 3.63) is 57.8 Å². The van der Waals surface area contributed by atoms with Crippen LogP contribution in [0.25, 0.3) is 10.1 Å². The first-order chi connectivity index (χ1) is 10.1. The van der Waals surface area contributed by atoms with Gasteiger partial charge < -0.3 is 4.42 Å². The Morgan fingerprint density at radius 2 is 2.14 bits per heavy atom. The molecule has 0 aliphatic rings. The average molecular weight is 319 g/mol. The third kappa shape index (κ3) is 2.84. The van der Waals surface area contributed by atoms with Gasteiger partial charge in [0.05, 0.1) is 11.2 Å². The maximum absolute atomic E-state index is 12.1. The molecule has 1 N–H and O–H groups in total. The number of aryl methyl sites for hydroxylation is 1. The van der Waals surface area contributed by atoms with E-state index in [0.29, 0.717) is 15.7 Å². The zero-order valence-electron chi connectivity index (χ0n) is 11.1. The lowest BCUT2D eigenvalue weighted by Crippen LogP contribution is -2.16. The van der Waals surface area contributed by atoms with Crippen molar-refractivity contribution >= 4 is 45.1 Å². The average Bonchev–Trinajstić information content (AvgIpc) is 3.03. The van der Waals surface area contributed by atoms with E-state index in [1.165, 1.54) is 17.6 Å². The molecule has 6 heteroatoms. The summed E-state index contributed by atoms with van der Waals surface area (Å²) in [6.07, 6.45) is 1.45. The van der Waals surface area contributed by atoms with Crippen LogP contribution in [-0.2, 0) is 0 Å². The largest absolute Gasteiger partial charge is 0.460 e. The Hall–Kier alpha value is -2.11. The number of hydrogen-bond acceptors (Lipinski definition) is 4. The van der Waals surface area contributed by atoms with Crippen LogP contribution < -0.4 is 5.43 Å². The van der Waals surface area contributed by atoms with Gasteiger partial charge in [-0.05, 0) is 25.1 Å². The standard InChI is InChI=1S/C15H11ClN2O2S/c1-9-6-7-10(20-9)8-17-18-15(19)14-13(16)11-4-2-3-5-12(11)21-14/h2-8H,1H3,(H,18,19). The molecule has 0 unspecified atom stereocenters. The van der Waals surface area contributed by atoms with Crippen LogP contribution in [-0.4, -0.2) is 12.1 Å². The Bertz CT molecular complexity index is 835. The van der Waals surface area contributed by atoms with Gasteiger partial charge in [0, 0.05) is 10.1 Å². The van der Waals surface area contributed by atoms with Crippen LogP contribution in [0.1, 0.15) is 21.2 Å². The Balaban J connectivity index is 1.78. The number of nitrogens with one attached hydrogen (secondary N) is 1. The van der Waals surface area contributed by atoms with Gasteiger partial charge in [-0.25, -0.2) is 5.43 Å². The minimum absolute atomic E-state index is 0.333. The summed E-state index contributed by atoms with van der Waals surface area (Å²) in [5.41, 5.74) is 2.45. The number of hydrazone groups is 1. The van der Waals surface area contributed by atoms with E-state index in [-0.39, 0.29) is 5.91 Å². The summed E-state index contributed by atoms with van der Waals surface area (Å²) in [6, 6.07) is 11.2. The van der Waals surface area contributed by atoms with Crippen molar-refractivity contribution in [3.63, 3.8) is 0 Å². The maximum Gasteiger partial charge on any atom is 0.283 e. The van der Waals surface area contributed by atoms with Crippen LogP contribution in [0.2, 0.25) is 5.02 Å². The molecule has 2 aromatic heterocycles. The summed E-state index contributed by atoms with van der Waals surface area (Å²) in [5.74, 6) is 1.03. The normalized spacial score (nSPS) is 11.3. The number of benzene rings is 1. The first-order valence-corrected chi connectivity index (χ1v) is 7.41. The van der Waals surface area contributed by atoms with E-state index in [9.17, 15) is 4.79 Å². The van der Waals surface area contributed by atoms with Crippen molar-refractivity contribution in [2.75, 3.05) is 0 Å². The SMILES string of the molecule is Cc1ccc(C=NNC(=O)c2sc3ccccc3c2Cl)o1. The fourth-order valence-electron chi connectivity index (χ4n) is 1.89. The van der Waals surface area contributed by atoms with Gasteiger partial charge in [-0.2, -0.15) is 5.10 Å². The highest BCUT2D eigenvalue weighted by Crippen LogP contribution is 2.34. The number of hydrogen-bond donors (Lipinski definition) is 1. The van der Waals surface area contributed by atoms with Crippen molar-refractivity contribution in [2.45, 2.75) is 6.92 Å². The molecule has 0 aliphatic heterocycles. The highest BCUT2D eigenvalue weighted by molar-refractivity contribution is 7.21. The number of carbonyl (C=O) groups is 1. The fraction of sp³-hybridized carbons (Fsp3) is 0.0667. The molecular formula is C15H11ClN2O2S. The molecule has 3 rings (SSSR count). The molecule has 4 nitrogen and oxygen atoms in total. The van der Waals surface area contributed by atoms with Gasteiger partial charge in [-0.1, -0.05) is 29.8 Å². The molecule has 1 aromatic carbocycles. The van der Waals surface area contributed by atoms with Crippen LogP contribution in [0, 0.1) is 6.92 Å². The molecule has 21 heavy (non-hydrogen) atoms. The predicted molar refractivity (Wildman–Crippen MR) is 85.3 cm³/mol. The van der Waals surface area contributed by atoms with E-state index in [0.717, 1.165) is 15.8 Å². The summed E-state index contributed by atoms with van der Waals surface area (Å²) in [7, 11) is 0. The van der Waals surface area contributed by atoms with Crippen molar-refractivity contribution < 1.29 is 9.21 Å². The number of amides is 1. The monoisotopic (exact) mass is 318 g/mol. The van der Waals surface area contributed by atoms with Crippen molar-refractivity contribution in [2.24, 2.45) is 5.10 Å². The van der Waals surface area contributed by atoms with E-state index >= 15 is 0 Å². The van der Waals surface area contributed by atoms with Crippen LogP contribution in [0.5, 0.6) is 0 Å². The van der Waals surface area contributed by atoms with Gasteiger partial charge in [0.1, 0.15) is 16.4 Å². The highest BCUT2D eigenvalue weighted by atomic mass is 35.5. The van der Waals surface area contributed by atoms with E-state index in [1.54, 1.807) is 6.07 Å². The number of furan rings is 1. The summed E-state index contributed by atoms with van der Waals surface area (Å²) in [6.45, 7) is 1.84. The first kappa shape index (κ1) is 13.9. The summed E-state index contributed by atoms with van der Waals surface area (Å²) >= 11 is 7.57. The van der Waals surface area contributed by atoms with E-state index in [1.807, 2.05) is 37.3 Å². The van der Waals surface area contributed by atoms with Gasteiger partial charge in [0.25, 0.3) is 5.91 Å². The third-order valence-electron chi connectivity index (χ3n) is 2.86. The molecule has 1 amide bonds. The van der Waals surface area contributed by atoms with Gasteiger partial charge in [0.2, 0.25) is 0 Å². The predicted octanol–water partition coefficient (Wildman–Crippen LogP) is 4.22. The molecule has 0 spiro atoms. The zero-order chi connectivity index (χ0) is 14.8. The lowest BCUT2D eigenvalue weighted by molar-refractivity contribution is 0.0959. The molecule has 2 heterocycles. The second-order valence-corrected chi connectivity index (χ2v) is 5.82. The van der Waals surface area contributed by atoms with Crippen LogP contribution in [0.4, 0.5) is 0 Å². The Morgan fingerprint density at radius 1 is 1.33 bits per heavy atom. The Kier molecular flexibility index (Phi) is 3.77. The maximum atomic E-state index is 12.1. The molecule has 0 fully saturated rings. The number of rotatable bonds is 3. The van der Waals surface area contributed by atoms with Gasteiger partial charge in [-0.15, -0.1) is 11.3 Å². The highest BCUT2D eigenvalue weighted by Gasteiger charge is 2.16. The Morgan fingerprint density at radius 3 is 2.86 bits per heavy atom. The number of carbonyl (C=O) groups excluding carboxylic acids is 1. The van der Waals surface area contributed by atoms with Crippen LogP contribution >= 0.6 is 22.9 Å². The number of fused-ring (bicyclic) bond motifs is 1. The third-order valence-corrected chi connectivity index (χ3v) is 4.53. The quantitative estimate of drug-likeness (QED) is 0.580. The summed E-state index contributed by atoms with van der Waals surface area (Å²) < 4.78 is 6.29. The molecule has 0 radical (unpaired) electrons. The van der Waals surface area contributed by atoms with Crippen molar-refractivity contribution in [1.29, 1.82) is 0 Å². The molecule has 0 saturated carbocycles. The minimum Gasteiger partial charge on any atom is -0.460 e. The molecule has 0 aliphatic carbocycles. The lowest BCUT2D eigenvalue weighted by atomic mass is 10.2. The molecule has 0 saturated heterocycles. The fourth-order valence-corrected chi connectivity index (χ4v) is 3.30. The second-order valence-electron chi connectivity index (χ2n) is 4.39. The number of thiophene rings is 1. The second kappa shape index (κ2) is 5.71. The molecule has 0 bridgehead atoms. The molecule has 106 valence electrons. The van der Waals surface area contributed by atoms with Crippen molar-refractivity contribution in [1.82, 2.24) is 5.43 Å². The first-order valence-electron chi connectivity index (χ1n) is 6.22. The lowest BCUT2D eigenvalue weighted by Gasteiger charge is -1.96. The molecule has 3 aromatic rings. The topological polar surface area (TPSA) is 54.6 Å². The van der Waals surface area contributed by atoms with Crippen LogP contribution in [0.3, 0.4) is 0 Å². The van der Waals surface area contributed by atoms with Gasteiger partial charge in [-0.3, -0.25) is 4.79 Å². The van der Waals surface area contributed by atoms with Crippen LogP contribution in [0.15, 0.2) is 45.9 Å². The minimum atomic E-state index is -0.333. The van der Waals surface area contributed by atoms with E-state index < -0.39 is 0 Å². The van der Waals surface area contributed by atoms with Crippen molar-refractivity contribution in [3.8, 4) is 0 Å². The molecule has 0 atom stereocenters. The molecular weight excluding hydrogens is 308 g/mol. The number of nitrogens with zero attached hydrogens (tertiary/aromatic N) is 1. The van der Waals surface area contributed by atoms with E-state index in [2.05, 4.69) is 10.5 Å². The zero-order valence-corrected chi connectivity index (χ0v) is 12.7. The van der Waals surface area contributed by atoms with Gasteiger partial charge in [0.15, 0.2) is 0 Å². The summed E-state index contributed by atoms with van der Waals surface area (Å²) in [5, 5.41) is 5.20. The summed E-state index contributed by atoms with van der Waals surface area (Å²) in [4.78, 5) is 12.6. The Labute approximate surface area is 130 Å². The van der Waals surface area contributed by atoms with Gasteiger partial charge >= 0.3 is 0 Å². The van der Waals surface area contributed by atoms with E-state index in [4.69, 9.17) is 16.0 Å². The number of halogens is 1. The smallest absolute Gasteiger partial charge is 0.283 e.